The first-order valence-electron chi connectivity index (χ1n) is 10.3. The Morgan fingerprint density at radius 1 is 1.23 bits per heavy atom. The summed E-state index contributed by atoms with van der Waals surface area (Å²) in [6, 6.07) is 5.42. The molecule has 2 aliphatic rings. The van der Waals surface area contributed by atoms with Gasteiger partial charge in [-0.25, -0.2) is 9.97 Å². The molecule has 4 rings (SSSR count). The average Bonchev–Trinajstić information content (AvgIpc) is 2.95. The molecule has 2 aromatic rings. The van der Waals surface area contributed by atoms with E-state index in [1.165, 1.54) is 25.2 Å². The van der Waals surface area contributed by atoms with Crippen LogP contribution in [-0.4, -0.2) is 57.5 Å². The Morgan fingerprint density at radius 3 is 2.63 bits per heavy atom. The van der Waals surface area contributed by atoms with E-state index in [1.807, 2.05) is 12.1 Å². The first-order chi connectivity index (χ1) is 14.5. The van der Waals surface area contributed by atoms with E-state index in [0.29, 0.717) is 42.5 Å². The number of fused-ring (bicyclic) bond motifs is 2. The summed E-state index contributed by atoms with van der Waals surface area (Å²) in [5, 5.41) is 15.5. The van der Waals surface area contributed by atoms with Crippen LogP contribution >= 0.6 is 0 Å². The van der Waals surface area contributed by atoms with Gasteiger partial charge in [-0.05, 0) is 38.8 Å². The van der Waals surface area contributed by atoms with Gasteiger partial charge in [0, 0.05) is 43.0 Å². The Hall–Kier alpha value is -3.25. The van der Waals surface area contributed by atoms with Crippen LogP contribution in [0.4, 0.5) is 11.5 Å². The highest BCUT2D eigenvalue weighted by molar-refractivity contribution is 5.98. The third kappa shape index (κ3) is 4.33. The molecule has 4 heterocycles. The van der Waals surface area contributed by atoms with Crippen molar-refractivity contribution < 1.29 is 4.79 Å². The molecular formula is C21H26N8O. The standard InChI is InChI=1S/C21H26N8O/c1-29-16-2-3-17(29)7-14(6-16)28-19-8-13(25-11-18(19)21(23)30)4-5-24-20-12-26-15(9-22)10-27-20/h8,10-12,14,16-17H,2-7H2,1H3,(H2,23,30)(H,24,27)(H,25,28). The fraction of sp³-hybridized carbons (Fsp3) is 0.476. The van der Waals surface area contributed by atoms with Gasteiger partial charge in [0.25, 0.3) is 5.91 Å². The molecule has 156 valence electrons. The predicted molar refractivity (Wildman–Crippen MR) is 113 cm³/mol. The van der Waals surface area contributed by atoms with Crippen molar-refractivity contribution in [2.75, 3.05) is 24.2 Å². The van der Waals surface area contributed by atoms with Gasteiger partial charge in [-0.3, -0.25) is 9.78 Å². The number of piperidine rings is 1. The number of hydrogen-bond acceptors (Lipinski definition) is 8. The van der Waals surface area contributed by atoms with E-state index in [2.05, 4.69) is 37.5 Å². The molecule has 9 nitrogen and oxygen atoms in total. The van der Waals surface area contributed by atoms with Gasteiger partial charge < -0.3 is 21.3 Å². The zero-order valence-electron chi connectivity index (χ0n) is 17.0. The van der Waals surface area contributed by atoms with E-state index in [0.717, 1.165) is 24.2 Å². The maximum absolute atomic E-state index is 11.9. The molecule has 0 spiro atoms. The van der Waals surface area contributed by atoms with Gasteiger partial charge in [-0.1, -0.05) is 0 Å². The number of pyridine rings is 1. The topological polar surface area (TPSA) is 133 Å². The summed E-state index contributed by atoms with van der Waals surface area (Å²) in [4.78, 5) is 26.9. The highest BCUT2D eigenvalue weighted by Crippen LogP contribution is 2.35. The Morgan fingerprint density at radius 2 is 2.00 bits per heavy atom. The lowest BCUT2D eigenvalue weighted by molar-refractivity contribution is 0.100. The lowest BCUT2D eigenvalue weighted by atomic mass is 9.97. The van der Waals surface area contributed by atoms with Crippen LogP contribution in [0.2, 0.25) is 0 Å². The number of anilines is 2. The number of carbonyl (C=O) groups is 1. The Bertz CT molecular complexity index is 940. The van der Waals surface area contributed by atoms with E-state index in [-0.39, 0.29) is 5.69 Å². The van der Waals surface area contributed by atoms with Crippen LogP contribution in [-0.2, 0) is 6.42 Å². The molecule has 1 amide bonds. The summed E-state index contributed by atoms with van der Waals surface area (Å²) >= 11 is 0. The molecule has 0 aliphatic carbocycles. The molecule has 2 aromatic heterocycles. The Kier molecular flexibility index (Phi) is 5.77. The van der Waals surface area contributed by atoms with Gasteiger partial charge in [-0.2, -0.15) is 5.26 Å². The average molecular weight is 406 g/mol. The summed E-state index contributed by atoms with van der Waals surface area (Å²) in [5.74, 6) is 0.126. The molecule has 0 radical (unpaired) electrons. The number of rotatable bonds is 7. The highest BCUT2D eigenvalue weighted by atomic mass is 16.1. The van der Waals surface area contributed by atoms with E-state index >= 15 is 0 Å². The van der Waals surface area contributed by atoms with Crippen molar-refractivity contribution in [2.24, 2.45) is 5.73 Å². The second-order valence-corrected chi connectivity index (χ2v) is 8.02. The van der Waals surface area contributed by atoms with Crippen molar-refractivity contribution in [3.8, 4) is 6.07 Å². The van der Waals surface area contributed by atoms with Crippen molar-refractivity contribution in [3.05, 3.63) is 41.6 Å². The largest absolute Gasteiger partial charge is 0.381 e. The number of carbonyl (C=O) groups excluding carboxylic acids is 1. The molecular weight excluding hydrogens is 380 g/mol. The Balaban J connectivity index is 1.41. The highest BCUT2D eigenvalue weighted by Gasteiger charge is 2.38. The van der Waals surface area contributed by atoms with Crippen LogP contribution < -0.4 is 16.4 Å². The summed E-state index contributed by atoms with van der Waals surface area (Å²) in [6.07, 6.45) is 9.80. The first kappa shape index (κ1) is 20.0. The van der Waals surface area contributed by atoms with Crippen molar-refractivity contribution >= 4 is 17.4 Å². The SMILES string of the molecule is CN1C2CCC1CC(Nc1cc(CCNc3cnc(C#N)cn3)ncc1C(N)=O)C2. The molecule has 0 saturated carbocycles. The number of nitrogens with one attached hydrogen (secondary N) is 2. The maximum Gasteiger partial charge on any atom is 0.252 e. The van der Waals surface area contributed by atoms with E-state index in [4.69, 9.17) is 11.0 Å². The number of amides is 1. The zero-order valence-corrected chi connectivity index (χ0v) is 17.0. The van der Waals surface area contributed by atoms with E-state index < -0.39 is 5.91 Å². The molecule has 2 saturated heterocycles. The van der Waals surface area contributed by atoms with Crippen LogP contribution in [0.15, 0.2) is 24.7 Å². The van der Waals surface area contributed by atoms with E-state index in [1.54, 1.807) is 6.20 Å². The van der Waals surface area contributed by atoms with Crippen LogP contribution in [0.25, 0.3) is 0 Å². The molecule has 4 N–H and O–H groups in total. The zero-order chi connectivity index (χ0) is 21.1. The predicted octanol–water partition coefficient (Wildman–Crippen LogP) is 1.53. The maximum atomic E-state index is 11.9. The molecule has 0 aromatic carbocycles. The van der Waals surface area contributed by atoms with Gasteiger partial charge >= 0.3 is 0 Å². The lowest BCUT2D eigenvalue weighted by Gasteiger charge is -2.37. The van der Waals surface area contributed by atoms with Crippen LogP contribution in [0, 0.1) is 11.3 Å². The number of hydrogen-bond donors (Lipinski definition) is 3. The van der Waals surface area contributed by atoms with Gasteiger partial charge in [-0.15, -0.1) is 0 Å². The van der Waals surface area contributed by atoms with Crippen molar-refractivity contribution in [2.45, 2.75) is 50.2 Å². The molecule has 2 aliphatic heterocycles. The minimum absolute atomic E-state index is 0.280. The van der Waals surface area contributed by atoms with Crippen molar-refractivity contribution in [3.63, 3.8) is 0 Å². The molecule has 2 atom stereocenters. The summed E-state index contributed by atoms with van der Waals surface area (Å²) in [6.45, 7) is 0.599. The quantitative estimate of drug-likeness (QED) is 0.630. The van der Waals surface area contributed by atoms with Gasteiger partial charge in [0.15, 0.2) is 5.69 Å². The molecule has 2 unspecified atom stereocenters. The number of primary amides is 1. The van der Waals surface area contributed by atoms with Crippen LogP contribution in [0.5, 0.6) is 0 Å². The Labute approximate surface area is 175 Å². The fourth-order valence-electron chi connectivity index (χ4n) is 4.50. The third-order valence-electron chi connectivity index (χ3n) is 6.14. The lowest BCUT2D eigenvalue weighted by Crippen LogP contribution is -2.44. The van der Waals surface area contributed by atoms with Gasteiger partial charge in [0.05, 0.1) is 23.6 Å². The van der Waals surface area contributed by atoms with Crippen molar-refractivity contribution in [1.29, 1.82) is 5.26 Å². The summed E-state index contributed by atoms with van der Waals surface area (Å²) < 4.78 is 0. The monoisotopic (exact) mass is 406 g/mol. The van der Waals surface area contributed by atoms with Gasteiger partial charge in [0.1, 0.15) is 11.9 Å². The first-order valence-corrected chi connectivity index (χ1v) is 10.3. The molecule has 30 heavy (non-hydrogen) atoms. The number of aromatic nitrogens is 3. The van der Waals surface area contributed by atoms with E-state index in [9.17, 15) is 4.79 Å². The minimum Gasteiger partial charge on any atom is -0.381 e. The second-order valence-electron chi connectivity index (χ2n) is 8.02. The normalized spacial score (nSPS) is 23.0. The van der Waals surface area contributed by atoms with Crippen LogP contribution in [0.3, 0.4) is 0 Å². The summed E-state index contributed by atoms with van der Waals surface area (Å²) in [7, 11) is 2.21. The second kappa shape index (κ2) is 8.63. The number of nitriles is 1. The smallest absolute Gasteiger partial charge is 0.252 e. The summed E-state index contributed by atoms with van der Waals surface area (Å²) in [5.41, 5.74) is 7.91. The number of nitrogens with zero attached hydrogens (tertiary/aromatic N) is 5. The molecule has 2 fully saturated rings. The van der Waals surface area contributed by atoms with Crippen molar-refractivity contribution in [1.82, 2.24) is 19.9 Å². The third-order valence-corrected chi connectivity index (χ3v) is 6.14. The number of nitrogens with two attached hydrogens (primary N) is 1. The molecule has 2 bridgehead atoms. The fourth-order valence-corrected chi connectivity index (χ4v) is 4.50. The van der Waals surface area contributed by atoms with Gasteiger partial charge in [0.2, 0.25) is 0 Å². The molecule has 9 heteroatoms. The van der Waals surface area contributed by atoms with Crippen LogP contribution in [0.1, 0.15) is 47.4 Å². The minimum atomic E-state index is -0.474.